The van der Waals surface area contributed by atoms with E-state index in [1.807, 2.05) is 0 Å². The van der Waals surface area contributed by atoms with Gasteiger partial charge in [0, 0.05) is 19.6 Å². The molecule has 0 aliphatic carbocycles. The van der Waals surface area contributed by atoms with Gasteiger partial charge in [-0.1, -0.05) is 26.7 Å². The molecule has 106 valence electrons. The minimum Gasteiger partial charge on any atom is -0.370 e. The molecular weight excluding hydrogens is 224 g/mol. The van der Waals surface area contributed by atoms with E-state index in [1.54, 1.807) is 0 Å². The highest BCUT2D eigenvalue weighted by molar-refractivity contribution is 5.77. The van der Waals surface area contributed by atoms with E-state index in [4.69, 9.17) is 5.73 Å². The average Bonchev–Trinajstić information content (AvgIpc) is 2.38. The second-order valence-corrected chi connectivity index (χ2v) is 5.47. The monoisotopic (exact) mass is 254 g/mol. The number of hydrogen-bond acceptors (Lipinski definition) is 2. The number of guanidine groups is 1. The number of nitrogens with one attached hydrogen (secondary N) is 1. The molecule has 1 aliphatic rings. The van der Waals surface area contributed by atoms with E-state index in [-0.39, 0.29) is 0 Å². The summed E-state index contributed by atoms with van der Waals surface area (Å²) in [4.78, 5) is 6.98. The molecule has 18 heavy (non-hydrogen) atoms. The third kappa shape index (κ3) is 6.84. The van der Waals surface area contributed by atoms with Crippen LogP contribution in [0.4, 0.5) is 0 Å². The van der Waals surface area contributed by atoms with Gasteiger partial charge in [0.25, 0.3) is 0 Å². The molecule has 0 aromatic carbocycles. The number of aliphatic imine (C=N–C) groups is 1. The zero-order valence-electron chi connectivity index (χ0n) is 12.1. The molecule has 4 heteroatoms. The SMILES string of the molecule is CCCCNC(N)=NCC(C)CN1CCCCC1. The van der Waals surface area contributed by atoms with Crippen LogP contribution >= 0.6 is 0 Å². The molecule has 0 amide bonds. The second-order valence-electron chi connectivity index (χ2n) is 5.47. The van der Waals surface area contributed by atoms with Crippen molar-refractivity contribution in [2.75, 3.05) is 32.7 Å². The van der Waals surface area contributed by atoms with Crippen molar-refractivity contribution in [1.82, 2.24) is 10.2 Å². The summed E-state index contributed by atoms with van der Waals surface area (Å²) >= 11 is 0. The first kappa shape index (κ1) is 15.3. The van der Waals surface area contributed by atoms with E-state index in [9.17, 15) is 0 Å². The van der Waals surface area contributed by atoms with E-state index < -0.39 is 0 Å². The first-order valence-corrected chi connectivity index (χ1v) is 7.48. The van der Waals surface area contributed by atoms with Crippen LogP contribution in [-0.4, -0.2) is 43.6 Å². The first-order chi connectivity index (χ1) is 8.72. The fraction of sp³-hybridized carbons (Fsp3) is 0.929. The lowest BCUT2D eigenvalue weighted by Crippen LogP contribution is -2.36. The van der Waals surface area contributed by atoms with Gasteiger partial charge in [-0.05, 0) is 38.3 Å². The standard InChI is InChI=1S/C14H30N4/c1-3-4-8-16-14(15)17-11-13(2)12-18-9-6-5-7-10-18/h13H,3-12H2,1-2H3,(H3,15,16,17). The molecule has 1 unspecified atom stereocenters. The molecule has 1 saturated heterocycles. The summed E-state index contributed by atoms with van der Waals surface area (Å²) in [5.74, 6) is 1.20. The molecule has 0 aromatic heterocycles. The quantitative estimate of drug-likeness (QED) is 0.414. The number of likely N-dealkylation sites (tertiary alicyclic amines) is 1. The van der Waals surface area contributed by atoms with Gasteiger partial charge in [0.05, 0.1) is 0 Å². The van der Waals surface area contributed by atoms with E-state index >= 15 is 0 Å². The third-order valence-electron chi connectivity index (χ3n) is 3.43. The van der Waals surface area contributed by atoms with Crippen LogP contribution in [0, 0.1) is 5.92 Å². The number of piperidine rings is 1. The second kappa shape index (κ2) is 9.20. The predicted molar refractivity (Wildman–Crippen MR) is 78.9 cm³/mol. The van der Waals surface area contributed by atoms with Gasteiger partial charge in [-0.25, -0.2) is 0 Å². The molecule has 1 atom stereocenters. The molecule has 1 fully saturated rings. The van der Waals surface area contributed by atoms with E-state index in [2.05, 4.69) is 29.1 Å². The van der Waals surface area contributed by atoms with Crippen molar-refractivity contribution in [3.05, 3.63) is 0 Å². The maximum Gasteiger partial charge on any atom is 0.188 e. The average molecular weight is 254 g/mol. The Morgan fingerprint density at radius 2 is 2.06 bits per heavy atom. The number of rotatable bonds is 7. The van der Waals surface area contributed by atoms with Crippen LogP contribution in [-0.2, 0) is 0 Å². The largest absolute Gasteiger partial charge is 0.370 e. The molecule has 0 aromatic rings. The maximum absolute atomic E-state index is 5.82. The van der Waals surface area contributed by atoms with Gasteiger partial charge in [0.2, 0.25) is 0 Å². The number of nitrogens with zero attached hydrogens (tertiary/aromatic N) is 2. The fourth-order valence-corrected chi connectivity index (χ4v) is 2.34. The third-order valence-corrected chi connectivity index (χ3v) is 3.43. The van der Waals surface area contributed by atoms with Gasteiger partial charge < -0.3 is 16.0 Å². The molecule has 4 nitrogen and oxygen atoms in total. The highest BCUT2D eigenvalue weighted by Gasteiger charge is 2.12. The lowest BCUT2D eigenvalue weighted by atomic mass is 10.1. The van der Waals surface area contributed by atoms with Crippen molar-refractivity contribution in [2.24, 2.45) is 16.6 Å². The normalized spacial score (nSPS) is 19.8. The summed E-state index contributed by atoms with van der Waals surface area (Å²) in [6.07, 6.45) is 6.45. The van der Waals surface area contributed by atoms with Gasteiger partial charge in [0.1, 0.15) is 0 Å². The fourth-order valence-electron chi connectivity index (χ4n) is 2.34. The highest BCUT2D eigenvalue weighted by atomic mass is 15.1. The molecule has 3 N–H and O–H groups in total. The predicted octanol–water partition coefficient (Wildman–Crippen LogP) is 1.81. The Bertz CT molecular complexity index is 234. The van der Waals surface area contributed by atoms with Crippen LogP contribution < -0.4 is 11.1 Å². The van der Waals surface area contributed by atoms with Gasteiger partial charge in [-0.3, -0.25) is 4.99 Å². The Hall–Kier alpha value is -0.770. The molecule has 0 saturated carbocycles. The molecule has 1 aliphatic heterocycles. The Morgan fingerprint density at radius 3 is 2.72 bits per heavy atom. The Labute approximate surface area is 112 Å². The van der Waals surface area contributed by atoms with E-state index in [0.717, 1.165) is 26.1 Å². The smallest absolute Gasteiger partial charge is 0.188 e. The van der Waals surface area contributed by atoms with Crippen molar-refractivity contribution < 1.29 is 0 Å². The van der Waals surface area contributed by atoms with Crippen molar-refractivity contribution >= 4 is 5.96 Å². The highest BCUT2D eigenvalue weighted by Crippen LogP contribution is 2.10. The van der Waals surface area contributed by atoms with Gasteiger partial charge >= 0.3 is 0 Å². The van der Waals surface area contributed by atoms with Crippen molar-refractivity contribution in [3.63, 3.8) is 0 Å². The van der Waals surface area contributed by atoms with E-state index in [0.29, 0.717) is 11.9 Å². The van der Waals surface area contributed by atoms with Crippen LogP contribution in [0.5, 0.6) is 0 Å². The summed E-state index contributed by atoms with van der Waals surface area (Å²) in [7, 11) is 0. The first-order valence-electron chi connectivity index (χ1n) is 7.48. The lowest BCUT2D eigenvalue weighted by molar-refractivity contribution is 0.203. The topological polar surface area (TPSA) is 53.6 Å². The summed E-state index contributed by atoms with van der Waals surface area (Å²) in [6.45, 7) is 9.89. The van der Waals surface area contributed by atoms with Crippen LogP contribution in [0.15, 0.2) is 4.99 Å². The van der Waals surface area contributed by atoms with Crippen molar-refractivity contribution in [2.45, 2.75) is 46.0 Å². The van der Waals surface area contributed by atoms with Crippen molar-refractivity contribution in [3.8, 4) is 0 Å². The van der Waals surface area contributed by atoms with Crippen LogP contribution in [0.3, 0.4) is 0 Å². The van der Waals surface area contributed by atoms with Crippen molar-refractivity contribution in [1.29, 1.82) is 0 Å². The zero-order chi connectivity index (χ0) is 13.2. The molecule has 1 heterocycles. The van der Waals surface area contributed by atoms with Crippen LogP contribution in [0.2, 0.25) is 0 Å². The number of unbranched alkanes of at least 4 members (excludes halogenated alkanes) is 1. The van der Waals surface area contributed by atoms with Gasteiger partial charge in [-0.2, -0.15) is 0 Å². The van der Waals surface area contributed by atoms with Gasteiger partial charge in [-0.15, -0.1) is 0 Å². The molecule has 0 spiro atoms. The van der Waals surface area contributed by atoms with Gasteiger partial charge in [0.15, 0.2) is 5.96 Å². The maximum atomic E-state index is 5.82. The summed E-state index contributed by atoms with van der Waals surface area (Å²) in [5.41, 5.74) is 5.82. The summed E-state index contributed by atoms with van der Waals surface area (Å²) in [5, 5.41) is 3.16. The number of nitrogens with two attached hydrogens (primary N) is 1. The Kier molecular flexibility index (Phi) is 7.81. The number of hydrogen-bond donors (Lipinski definition) is 2. The minimum absolute atomic E-state index is 0.592. The summed E-state index contributed by atoms with van der Waals surface area (Å²) < 4.78 is 0. The Morgan fingerprint density at radius 1 is 1.33 bits per heavy atom. The lowest BCUT2D eigenvalue weighted by Gasteiger charge is -2.28. The zero-order valence-corrected chi connectivity index (χ0v) is 12.1. The molecule has 0 radical (unpaired) electrons. The molecule has 0 bridgehead atoms. The Balaban J connectivity index is 2.14. The minimum atomic E-state index is 0.592. The van der Waals surface area contributed by atoms with Crippen LogP contribution in [0.25, 0.3) is 0 Å². The summed E-state index contributed by atoms with van der Waals surface area (Å²) in [6, 6.07) is 0. The van der Waals surface area contributed by atoms with Crippen LogP contribution in [0.1, 0.15) is 46.0 Å². The molecule has 1 rings (SSSR count). The van der Waals surface area contributed by atoms with E-state index in [1.165, 1.54) is 38.8 Å². The molecular formula is C14H30N4.